The Kier molecular flexibility index (Phi) is 3.79. The molecule has 0 bridgehead atoms. The summed E-state index contributed by atoms with van der Waals surface area (Å²) in [6.07, 6.45) is 0. The molecule has 2 aromatic carbocycles. The van der Waals surface area contributed by atoms with E-state index in [2.05, 4.69) is 27.9 Å². The van der Waals surface area contributed by atoms with Gasteiger partial charge in [0.1, 0.15) is 0 Å². The van der Waals surface area contributed by atoms with Crippen molar-refractivity contribution in [3.63, 3.8) is 0 Å². The maximum absolute atomic E-state index is 6.14. The van der Waals surface area contributed by atoms with E-state index in [0.717, 1.165) is 20.6 Å². The minimum absolute atomic E-state index is 0.711. The van der Waals surface area contributed by atoms with Gasteiger partial charge in [-0.1, -0.05) is 17.7 Å². The van der Waals surface area contributed by atoms with Gasteiger partial charge in [-0.05, 0) is 65.4 Å². The first-order valence-electron chi connectivity index (χ1n) is 5.14. The zero-order valence-corrected chi connectivity index (χ0v) is 12.2. The van der Waals surface area contributed by atoms with E-state index in [0.29, 0.717) is 5.02 Å². The van der Waals surface area contributed by atoms with Crippen LogP contribution in [0, 0.1) is 10.5 Å². The second-order valence-corrected chi connectivity index (χ2v) is 5.42. The van der Waals surface area contributed by atoms with Crippen LogP contribution in [0.1, 0.15) is 5.56 Å². The summed E-state index contributed by atoms with van der Waals surface area (Å²) in [6.45, 7) is 2.04. The van der Waals surface area contributed by atoms with Gasteiger partial charge in [0.25, 0.3) is 0 Å². The third-order valence-electron chi connectivity index (χ3n) is 2.38. The predicted molar refractivity (Wildman–Crippen MR) is 83.0 cm³/mol. The second-order valence-electron chi connectivity index (χ2n) is 3.85. The first kappa shape index (κ1) is 12.5. The number of anilines is 3. The third-order valence-corrected chi connectivity index (χ3v) is 3.61. The molecule has 2 nitrogen and oxygen atoms in total. The van der Waals surface area contributed by atoms with Crippen LogP contribution in [0.3, 0.4) is 0 Å². The number of nitrogen functional groups attached to an aromatic ring is 1. The molecule has 0 aromatic heterocycles. The van der Waals surface area contributed by atoms with E-state index in [1.807, 2.05) is 43.3 Å². The number of nitrogens with one attached hydrogen (secondary N) is 1. The van der Waals surface area contributed by atoms with Crippen molar-refractivity contribution in [2.75, 3.05) is 11.1 Å². The highest BCUT2D eigenvalue weighted by Crippen LogP contribution is 2.29. The molecule has 4 heteroatoms. The molecule has 0 aliphatic rings. The summed E-state index contributed by atoms with van der Waals surface area (Å²) in [7, 11) is 0. The summed E-state index contributed by atoms with van der Waals surface area (Å²) in [5.74, 6) is 0. The van der Waals surface area contributed by atoms with Crippen LogP contribution in [0.25, 0.3) is 0 Å². The van der Waals surface area contributed by atoms with Crippen molar-refractivity contribution in [3.8, 4) is 0 Å². The van der Waals surface area contributed by atoms with Gasteiger partial charge >= 0.3 is 0 Å². The fourth-order valence-corrected chi connectivity index (χ4v) is 2.35. The van der Waals surface area contributed by atoms with E-state index in [4.69, 9.17) is 17.3 Å². The van der Waals surface area contributed by atoms with Crippen LogP contribution in [0.2, 0.25) is 5.02 Å². The first-order chi connectivity index (χ1) is 8.06. The van der Waals surface area contributed by atoms with E-state index in [9.17, 15) is 0 Å². The van der Waals surface area contributed by atoms with Gasteiger partial charge in [0.05, 0.1) is 16.4 Å². The Hall–Kier alpha value is -0.940. The van der Waals surface area contributed by atoms with Gasteiger partial charge < -0.3 is 11.1 Å². The van der Waals surface area contributed by atoms with Crippen LogP contribution in [-0.4, -0.2) is 0 Å². The molecular weight excluding hydrogens is 347 g/mol. The molecule has 0 saturated heterocycles. The SMILES string of the molecule is Cc1ccc(Cl)c(Nc2ccc(N)cc2I)c1. The van der Waals surface area contributed by atoms with E-state index in [1.165, 1.54) is 5.56 Å². The summed E-state index contributed by atoms with van der Waals surface area (Å²) in [5.41, 5.74) is 9.56. The quantitative estimate of drug-likeness (QED) is 0.609. The highest BCUT2D eigenvalue weighted by Gasteiger charge is 2.04. The molecule has 0 unspecified atom stereocenters. The van der Waals surface area contributed by atoms with Crippen LogP contribution in [0.15, 0.2) is 36.4 Å². The summed E-state index contributed by atoms with van der Waals surface area (Å²) >= 11 is 8.39. The molecule has 0 heterocycles. The molecule has 0 radical (unpaired) electrons. The number of aryl methyl sites for hydroxylation is 1. The fraction of sp³-hybridized carbons (Fsp3) is 0.0769. The molecule has 0 saturated carbocycles. The molecule has 3 N–H and O–H groups in total. The Balaban J connectivity index is 2.34. The van der Waals surface area contributed by atoms with Gasteiger partial charge in [0.2, 0.25) is 0 Å². The van der Waals surface area contributed by atoms with Crippen LogP contribution in [-0.2, 0) is 0 Å². The van der Waals surface area contributed by atoms with Crippen molar-refractivity contribution in [3.05, 3.63) is 50.6 Å². The zero-order chi connectivity index (χ0) is 12.4. The van der Waals surface area contributed by atoms with Gasteiger partial charge in [0, 0.05) is 9.26 Å². The van der Waals surface area contributed by atoms with Crippen LogP contribution in [0.4, 0.5) is 17.1 Å². The fourth-order valence-electron chi connectivity index (χ4n) is 1.51. The molecular formula is C13H12ClIN2. The smallest absolute Gasteiger partial charge is 0.0641 e. The van der Waals surface area contributed by atoms with E-state index in [1.54, 1.807) is 0 Å². The Morgan fingerprint density at radius 3 is 2.59 bits per heavy atom. The summed E-state index contributed by atoms with van der Waals surface area (Å²) in [6, 6.07) is 11.6. The van der Waals surface area contributed by atoms with E-state index < -0.39 is 0 Å². The molecule has 88 valence electrons. The van der Waals surface area contributed by atoms with Gasteiger partial charge in [-0.25, -0.2) is 0 Å². The molecule has 0 aliphatic carbocycles. The first-order valence-corrected chi connectivity index (χ1v) is 6.60. The van der Waals surface area contributed by atoms with Gasteiger partial charge in [-0.3, -0.25) is 0 Å². The van der Waals surface area contributed by atoms with E-state index in [-0.39, 0.29) is 0 Å². The number of hydrogen-bond acceptors (Lipinski definition) is 2. The van der Waals surface area contributed by atoms with Crippen LogP contribution in [0.5, 0.6) is 0 Å². The molecule has 17 heavy (non-hydrogen) atoms. The van der Waals surface area contributed by atoms with Crippen LogP contribution < -0.4 is 11.1 Å². The lowest BCUT2D eigenvalue weighted by molar-refractivity contribution is 1.44. The standard InChI is InChI=1S/C13H12ClIN2/c1-8-2-4-10(14)13(6-8)17-12-5-3-9(16)7-11(12)15/h2-7,17H,16H2,1H3. The number of benzene rings is 2. The Labute approximate surface area is 119 Å². The minimum atomic E-state index is 0.711. The van der Waals surface area contributed by atoms with Gasteiger partial charge in [-0.2, -0.15) is 0 Å². The second kappa shape index (κ2) is 5.14. The molecule has 2 rings (SSSR count). The number of nitrogens with two attached hydrogens (primary N) is 1. The lowest BCUT2D eigenvalue weighted by atomic mass is 10.2. The average Bonchev–Trinajstić information content (AvgIpc) is 2.27. The molecule has 0 spiro atoms. The molecule has 0 aliphatic heterocycles. The van der Waals surface area contributed by atoms with Crippen molar-refractivity contribution in [2.45, 2.75) is 6.92 Å². The highest BCUT2D eigenvalue weighted by molar-refractivity contribution is 14.1. The Morgan fingerprint density at radius 2 is 1.88 bits per heavy atom. The normalized spacial score (nSPS) is 10.3. The van der Waals surface area contributed by atoms with Crippen molar-refractivity contribution < 1.29 is 0 Å². The van der Waals surface area contributed by atoms with E-state index >= 15 is 0 Å². The minimum Gasteiger partial charge on any atom is -0.399 e. The highest BCUT2D eigenvalue weighted by atomic mass is 127. The third kappa shape index (κ3) is 3.04. The summed E-state index contributed by atoms with van der Waals surface area (Å²) in [4.78, 5) is 0. The predicted octanol–water partition coefficient (Wildman–Crippen LogP) is 4.58. The lowest BCUT2D eigenvalue weighted by Crippen LogP contribution is -1.95. The Morgan fingerprint density at radius 1 is 1.12 bits per heavy atom. The van der Waals surface area contributed by atoms with Crippen molar-refractivity contribution in [1.29, 1.82) is 0 Å². The number of rotatable bonds is 2. The summed E-state index contributed by atoms with van der Waals surface area (Å²) in [5, 5.41) is 4.02. The molecule has 0 amide bonds. The zero-order valence-electron chi connectivity index (χ0n) is 9.30. The lowest BCUT2D eigenvalue weighted by Gasteiger charge is -2.11. The maximum Gasteiger partial charge on any atom is 0.0641 e. The molecule has 0 atom stereocenters. The summed E-state index contributed by atoms with van der Waals surface area (Å²) < 4.78 is 1.07. The topological polar surface area (TPSA) is 38.0 Å². The number of halogens is 2. The van der Waals surface area contributed by atoms with Gasteiger partial charge in [-0.15, -0.1) is 0 Å². The van der Waals surface area contributed by atoms with Crippen molar-refractivity contribution >= 4 is 51.3 Å². The maximum atomic E-state index is 6.14. The van der Waals surface area contributed by atoms with Crippen LogP contribution >= 0.6 is 34.2 Å². The average molecular weight is 359 g/mol. The van der Waals surface area contributed by atoms with Gasteiger partial charge in [0.15, 0.2) is 0 Å². The molecule has 0 fully saturated rings. The monoisotopic (exact) mass is 358 g/mol. The largest absolute Gasteiger partial charge is 0.399 e. The van der Waals surface area contributed by atoms with Crippen molar-refractivity contribution in [2.24, 2.45) is 0 Å². The molecule has 2 aromatic rings. The van der Waals surface area contributed by atoms with Crippen molar-refractivity contribution in [1.82, 2.24) is 0 Å². The Bertz CT molecular complexity index is 555. The number of hydrogen-bond donors (Lipinski definition) is 2.